The van der Waals surface area contributed by atoms with Crippen LogP contribution in [0.1, 0.15) is 42.9 Å². The lowest BCUT2D eigenvalue weighted by Gasteiger charge is -2.36. The topological polar surface area (TPSA) is 24.5 Å². The summed E-state index contributed by atoms with van der Waals surface area (Å²) in [6.07, 6.45) is 6.56. The van der Waals surface area contributed by atoms with E-state index in [4.69, 9.17) is 4.74 Å². The van der Waals surface area contributed by atoms with E-state index in [0.29, 0.717) is 6.04 Å². The molecule has 1 aromatic carbocycles. The Morgan fingerprint density at radius 2 is 2.05 bits per heavy atom. The lowest BCUT2D eigenvalue weighted by molar-refractivity contribution is 0.129. The third-order valence-corrected chi connectivity index (χ3v) is 5.29. The molecule has 0 bridgehead atoms. The number of methoxy groups -OCH3 is 1. The van der Waals surface area contributed by atoms with Crippen molar-refractivity contribution >= 4 is 0 Å². The molecule has 0 saturated carbocycles. The Labute approximate surface area is 128 Å². The largest absolute Gasteiger partial charge is 0.497 e. The van der Waals surface area contributed by atoms with Crippen molar-refractivity contribution in [3.05, 3.63) is 29.3 Å². The molecule has 3 rings (SSSR count). The summed E-state index contributed by atoms with van der Waals surface area (Å²) in [6, 6.07) is 7.25. The molecule has 1 saturated heterocycles. The molecular weight excluding hydrogens is 260 g/mol. The number of rotatable bonds is 5. The quantitative estimate of drug-likeness (QED) is 0.901. The molecule has 0 radical (unpaired) electrons. The van der Waals surface area contributed by atoms with E-state index in [1.807, 2.05) is 0 Å². The molecule has 21 heavy (non-hydrogen) atoms. The van der Waals surface area contributed by atoms with Gasteiger partial charge in [-0.1, -0.05) is 6.07 Å². The number of nitrogens with one attached hydrogen (secondary N) is 1. The van der Waals surface area contributed by atoms with Gasteiger partial charge in [0.15, 0.2) is 0 Å². The Kier molecular flexibility index (Phi) is 4.81. The van der Waals surface area contributed by atoms with Crippen molar-refractivity contribution in [2.75, 3.05) is 33.8 Å². The highest BCUT2D eigenvalue weighted by atomic mass is 16.5. The van der Waals surface area contributed by atoms with Crippen molar-refractivity contribution in [1.29, 1.82) is 0 Å². The van der Waals surface area contributed by atoms with E-state index < -0.39 is 0 Å². The number of nitrogens with zero attached hydrogens (tertiary/aromatic N) is 1. The summed E-state index contributed by atoms with van der Waals surface area (Å²) in [7, 11) is 3.82. The fourth-order valence-corrected chi connectivity index (χ4v) is 3.97. The number of ether oxygens (including phenoxy) is 1. The molecule has 2 aliphatic rings. The van der Waals surface area contributed by atoms with Crippen LogP contribution in [-0.2, 0) is 6.42 Å². The van der Waals surface area contributed by atoms with Crippen LogP contribution >= 0.6 is 0 Å². The summed E-state index contributed by atoms with van der Waals surface area (Å²) in [5, 5.41) is 3.28. The number of likely N-dealkylation sites (tertiary alicyclic amines) is 1. The Bertz CT molecular complexity index is 466. The molecule has 1 aromatic rings. The van der Waals surface area contributed by atoms with Crippen LogP contribution in [0.3, 0.4) is 0 Å². The van der Waals surface area contributed by atoms with Crippen molar-refractivity contribution in [3.8, 4) is 5.75 Å². The molecule has 1 aliphatic heterocycles. The standard InChI is InChI=1S/C18H28N2O/c1-19-10-7-14-8-11-20(12-9-14)18-6-4-15-3-5-16(21-2)13-17(15)18/h3,5,13-14,18-19H,4,6-12H2,1-2H3. The summed E-state index contributed by atoms with van der Waals surface area (Å²) in [5.74, 6) is 1.92. The van der Waals surface area contributed by atoms with E-state index >= 15 is 0 Å². The first-order valence-corrected chi connectivity index (χ1v) is 8.37. The van der Waals surface area contributed by atoms with E-state index in [1.165, 1.54) is 56.3 Å². The Balaban J connectivity index is 1.63. The average Bonchev–Trinajstić information content (AvgIpc) is 2.96. The van der Waals surface area contributed by atoms with Gasteiger partial charge in [0.2, 0.25) is 0 Å². The molecule has 0 spiro atoms. The van der Waals surface area contributed by atoms with Gasteiger partial charge in [0, 0.05) is 6.04 Å². The Morgan fingerprint density at radius 1 is 1.24 bits per heavy atom. The zero-order valence-electron chi connectivity index (χ0n) is 13.4. The average molecular weight is 288 g/mol. The van der Waals surface area contributed by atoms with Crippen LogP contribution in [0.25, 0.3) is 0 Å². The minimum Gasteiger partial charge on any atom is -0.497 e. The zero-order chi connectivity index (χ0) is 14.7. The van der Waals surface area contributed by atoms with Gasteiger partial charge in [-0.2, -0.15) is 0 Å². The SMILES string of the molecule is CNCCC1CCN(C2CCc3ccc(OC)cc32)CC1. The molecule has 3 nitrogen and oxygen atoms in total. The predicted octanol–water partition coefficient (Wildman–Crippen LogP) is 3.00. The highest BCUT2D eigenvalue weighted by molar-refractivity contribution is 5.40. The maximum atomic E-state index is 5.41. The van der Waals surface area contributed by atoms with E-state index in [9.17, 15) is 0 Å². The fourth-order valence-electron chi connectivity index (χ4n) is 3.97. The summed E-state index contributed by atoms with van der Waals surface area (Å²) in [4.78, 5) is 2.71. The third-order valence-electron chi connectivity index (χ3n) is 5.29. The Morgan fingerprint density at radius 3 is 2.76 bits per heavy atom. The molecule has 0 amide bonds. The van der Waals surface area contributed by atoms with Crippen LogP contribution in [-0.4, -0.2) is 38.7 Å². The van der Waals surface area contributed by atoms with Crippen LogP contribution in [0.5, 0.6) is 5.75 Å². The predicted molar refractivity (Wildman–Crippen MR) is 86.9 cm³/mol. The molecule has 1 unspecified atom stereocenters. The van der Waals surface area contributed by atoms with Crippen LogP contribution in [0, 0.1) is 5.92 Å². The molecule has 116 valence electrons. The summed E-state index contributed by atoms with van der Waals surface area (Å²) < 4.78 is 5.41. The van der Waals surface area contributed by atoms with Crippen molar-refractivity contribution < 1.29 is 4.74 Å². The second-order valence-electron chi connectivity index (χ2n) is 6.49. The maximum Gasteiger partial charge on any atom is 0.119 e. The minimum atomic E-state index is 0.625. The van der Waals surface area contributed by atoms with Crippen molar-refractivity contribution in [3.63, 3.8) is 0 Å². The summed E-state index contributed by atoms with van der Waals surface area (Å²) in [6.45, 7) is 3.68. The van der Waals surface area contributed by atoms with E-state index in [1.54, 1.807) is 7.11 Å². The molecule has 1 aliphatic carbocycles. The van der Waals surface area contributed by atoms with Gasteiger partial charge in [0.25, 0.3) is 0 Å². The van der Waals surface area contributed by atoms with Gasteiger partial charge in [-0.3, -0.25) is 4.90 Å². The molecule has 1 atom stereocenters. The zero-order valence-corrected chi connectivity index (χ0v) is 13.4. The normalized spacial score (nSPS) is 23.2. The molecular formula is C18H28N2O. The van der Waals surface area contributed by atoms with E-state index in [-0.39, 0.29) is 0 Å². The minimum absolute atomic E-state index is 0.625. The molecule has 1 heterocycles. The monoisotopic (exact) mass is 288 g/mol. The van der Waals surface area contributed by atoms with E-state index in [2.05, 4.69) is 35.5 Å². The van der Waals surface area contributed by atoms with Gasteiger partial charge in [-0.05, 0) is 88.0 Å². The number of piperidine rings is 1. The number of aryl methyl sites for hydroxylation is 1. The highest BCUT2D eigenvalue weighted by Gasteiger charge is 2.30. The molecule has 1 fully saturated rings. The number of hydrogen-bond acceptors (Lipinski definition) is 3. The first-order valence-electron chi connectivity index (χ1n) is 8.37. The molecule has 3 heteroatoms. The van der Waals surface area contributed by atoms with E-state index in [0.717, 1.165) is 18.2 Å². The van der Waals surface area contributed by atoms with Gasteiger partial charge in [0.05, 0.1) is 7.11 Å². The Hall–Kier alpha value is -1.06. The van der Waals surface area contributed by atoms with Crippen LogP contribution in [0.15, 0.2) is 18.2 Å². The third kappa shape index (κ3) is 3.24. The molecule has 1 N–H and O–H groups in total. The van der Waals surface area contributed by atoms with Crippen LogP contribution < -0.4 is 10.1 Å². The second-order valence-corrected chi connectivity index (χ2v) is 6.49. The first-order chi connectivity index (χ1) is 10.3. The van der Waals surface area contributed by atoms with Gasteiger partial charge in [-0.25, -0.2) is 0 Å². The van der Waals surface area contributed by atoms with Crippen molar-refractivity contribution in [2.24, 2.45) is 5.92 Å². The fraction of sp³-hybridized carbons (Fsp3) is 0.667. The van der Waals surface area contributed by atoms with Crippen molar-refractivity contribution in [1.82, 2.24) is 10.2 Å². The lowest BCUT2D eigenvalue weighted by atomic mass is 9.92. The number of hydrogen-bond donors (Lipinski definition) is 1. The van der Waals surface area contributed by atoms with Crippen LogP contribution in [0.4, 0.5) is 0 Å². The van der Waals surface area contributed by atoms with Gasteiger partial charge in [0.1, 0.15) is 5.75 Å². The summed E-state index contributed by atoms with van der Waals surface area (Å²) in [5.41, 5.74) is 3.04. The van der Waals surface area contributed by atoms with Crippen LogP contribution in [0.2, 0.25) is 0 Å². The summed E-state index contributed by atoms with van der Waals surface area (Å²) >= 11 is 0. The van der Waals surface area contributed by atoms with Gasteiger partial charge >= 0.3 is 0 Å². The maximum absolute atomic E-state index is 5.41. The number of benzene rings is 1. The second kappa shape index (κ2) is 6.80. The van der Waals surface area contributed by atoms with Crippen molar-refractivity contribution in [2.45, 2.75) is 38.1 Å². The molecule has 0 aromatic heterocycles. The number of fused-ring (bicyclic) bond motifs is 1. The highest BCUT2D eigenvalue weighted by Crippen LogP contribution is 2.39. The first kappa shape index (κ1) is 14.9. The smallest absolute Gasteiger partial charge is 0.119 e. The lowest BCUT2D eigenvalue weighted by Crippen LogP contribution is -2.36. The van der Waals surface area contributed by atoms with Gasteiger partial charge < -0.3 is 10.1 Å². The van der Waals surface area contributed by atoms with Gasteiger partial charge in [-0.15, -0.1) is 0 Å².